The second-order valence-electron chi connectivity index (χ2n) is 6.73. The van der Waals surface area contributed by atoms with Gasteiger partial charge in [-0.05, 0) is 36.4 Å². The van der Waals surface area contributed by atoms with E-state index in [0.29, 0.717) is 6.54 Å². The number of piperazine rings is 1. The Morgan fingerprint density at radius 3 is 2.38 bits per heavy atom. The zero-order valence-electron chi connectivity index (χ0n) is 15.6. The van der Waals surface area contributed by atoms with Gasteiger partial charge in [0.05, 0.1) is 12.2 Å². The smallest absolute Gasteiger partial charge is 0.238 e. The van der Waals surface area contributed by atoms with Gasteiger partial charge in [-0.2, -0.15) is 0 Å². The number of benzene rings is 2. The number of carbonyl (C=O) groups excluding carboxylic acids is 1. The Morgan fingerprint density at radius 1 is 1.00 bits per heavy atom. The number of hydrogen-bond donors (Lipinski definition) is 1. The van der Waals surface area contributed by atoms with Crippen LogP contribution in [0.3, 0.4) is 0 Å². The number of hydrogen-bond acceptors (Lipinski definition) is 4. The molecule has 1 aliphatic heterocycles. The average Bonchev–Trinajstić information content (AvgIpc) is 2.65. The lowest BCUT2D eigenvalue weighted by atomic mass is 10.1. The van der Waals surface area contributed by atoms with E-state index in [1.54, 1.807) is 11.8 Å². The molecular formula is C21H27N3OS. The molecule has 0 aromatic heterocycles. The standard InChI is InChI=1S/C21H27N3OS/c1-17-7-3-4-8-18(17)15-23-11-13-24(14-12-23)16-21(25)22-19-9-5-6-10-20(19)26-2/h3-10H,11-16H2,1-2H3,(H,22,25). The van der Waals surface area contributed by atoms with Gasteiger partial charge in [0.15, 0.2) is 0 Å². The second kappa shape index (κ2) is 9.21. The SMILES string of the molecule is CSc1ccccc1NC(=O)CN1CCN(Cc2ccccc2C)CC1. The van der Waals surface area contributed by atoms with Crippen LogP contribution in [-0.4, -0.2) is 54.7 Å². The Morgan fingerprint density at radius 2 is 1.65 bits per heavy atom. The molecule has 3 rings (SSSR count). The first kappa shape index (κ1) is 19.0. The summed E-state index contributed by atoms with van der Waals surface area (Å²) in [6.45, 7) is 7.50. The zero-order chi connectivity index (χ0) is 18.4. The summed E-state index contributed by atoms with van der Waals surface area (Å²) < 4.78 is 0. The highest BCUT2D eigenvalue weighted by atomic mass is 32.2. The van der Waals surface area contributed by atoms with Crippen molar-refractivity contribution in [3.05, 3.63) is 59.7 Å². The molecule has 0 spiro atoms. The lowest BCUT2D eigenvalue weighted by Gasteiger charge is -2.34. The highest BCUT2D eigenvalue weighted by Crippen LogP contribution is 2.24. The molecule has 2 aromatic carbocycles. The minimum absolute atomic E-state index is 0.0684. The minimum atomic E-state index is 0.0684. The molecule has 1 N–H and O–H groups in total. The van der Waals surface area contributed by atoms with E-state index in [0.717, 1.165) is 43.3 Å². The molecule has 1 aliphatic rings. The fourth-order valence-electron chi connectivity index (χ4n) is 3.27. The fourth-order valence-corrected chi connectivity index (χ4v) is 3.83. The molecule has 0 atom stereocenters. The Kier molecular flexibility index (Phi) is 6.72. The van der Waals surface area contributed by atoms with Crippen molar-refractivity contribution in [3.63, 3.8) is 0 Å². The number of aryl methyl sites for hydroxylation is 1. The molecule has 138 valence electrons. The topological polar surface area (TPSA) is 35.6 Å². The van der Waals surface area contributed by atoms with Crippen molar-refractivity contribution >= 4 is 23.4 Å². The van der Waals surface area contributed by atoms with Gasteiger partial charge in [-0.1, -0.05) is 36.4 Å². The molecule has 5 heteroatoms. The van der Waals surface area contributed by atoms with Crippen molar-refractivity contribution in [1.82, 2.24) is 9.80 Å². The van der Waals surface area contributed by atoms with Crippen LogP contribution >= 0.6 is 11.8 Å². The molecule has 0 saturated carbocycles. The largest absolute Gasteiger partial charge is 0.324 e. The molecule has 0 bridgehead atoms. The van der Waals surface area contributed by atoms with E-state index >= 15 is 0 Å². The molecule has 0 aliphatic carbocycles. The van der Waals surface area contributed by atoms with E-state index in [9.17, 15) is 4.79 Å². The third-order valence-electron chi connectivity index (χ3n) is 4.87. The van der Waals surface area contributed by atoms with Gasteiger partial charge in [0.2, 0.25) is 5.91 Å². The number of thioether (sulfide) groups is 1. The highest BCUT2D eigenvalue weighted by Gasteiger charge is 2.19. The molecule has 2 aromatic rings. The average molecular weight is 370 g/mol. The van der Waals surface area contributed by atoms with Gasteiger partial charge in [0, 0.05) is 37.6 Å². The number of para-hydroxylation sites is 1. The number of carbonyl (C=O) groups is 1. The maximum absolute atomic E-state index is 12.4. The van der Waals surface area contributed by atoms with Crippen molar-refractivity contribution < 1.29 is 4.79 Å². The Balaban J connectivity index is 1.46. The van der Waals surface area contributed by atoms with E-state index < -0.39 is 0 Å². The summed E-state index contributed by atoms with van der Waals surface area (Å²) in [5.74, 6) is 0.0684. The summed E-state index contributed by atoms with van der Waals surface area (Å²) in [5.41, 5.74) is 3.65. The van der Waals surface area contributed by atoms with Crippen LogP contribution in [0.4, 0.5) is 5.69 Å². The van der Waals surface area contributed by atoms with Crippen LogP contribution in [0.15, 0.2) is 53.4 Å². The Hall–Kier alpha value is -1.82. The summed E-state index contributed by atoms with van der Waals surface area (Å²) >= 11 is 1.65. The van der Waals surface area contributed by atoms with Gasteiger partial charge in [-0.3, -0.25) is 14.6 Å². The molecule has 1 fully saturated rings. The van der Waals surface area contributed by atoms with Gasteiger partial charge in [-0.25, -0.2) is 0 Å². The molecule has 0 unspecified atom stereocenters. The first-order valence-corrected chi connectivity index (χ1v) is 10.3. The van der Waals surface area contributed by atoms with Crippen LogP contribution in [0.25, 0.3) is 0 Å². The summed E-state index contributed by atoms with van der Waals surface area (Å²) in [5, 5.41) is 3.05. The molecule has 26 heavy (non-hydrogen) atoms. The predicted molar refractivity (Wildman–Crippen MR) is 110 cm³/mol. The van der Waals surface area contributed by atoms with Crippen molar-refractivity contribution in [2.75, 3.05) is 44.3 Å². The quantitative estimate of drug-likeness (QED) is 0.791. The summed E-state index contributed by atoms with van der Waals surface area (Å²) in [6, 6.07) is 16.5. The maximum Gasteiger partial charge on any atom is 0.238 e. The maximum atomic E-state index is 12.4. The van der Waals surface area contributed by atoms with Crippen LogP contribution in [0.1, 0.15) is 11.1 Å². The number of rotatable bonds is 6. The number of nitrogens with zero attached hydrogens (tertiary/aromatic N) is 2. The third kappa shape index (κ3) is 5.10. The van der Waals surface area contributed by atoms with Crippen molar-refractivity contribution in [3.8, 4) is 0 Å². The number of amides is 1. The van der Waals surface area contributed by atoms with E-state index in [4.69, 9.17) is 0 Å². The monoisotopic (exact) mass is 369 g/mol. The number of anilines is 1. The molecule has 1 saturated heterocycles. The lowest BCUT2D eigenvalue weighted by molar-refractivity contribution is -0.117. The van der Waals surface area contributed by atoms with Gasteiger partial charge in [0.25, 0.3) is 0 Å². The van der Waals surface area contributed by atoms with Crippen LogP contribution in [0.5, 0.6) is 0 Å². The molecule has 0 radical (unpaired) electrons. The Bertz CT molecular complexity index is 742. The highest BCUT2D eigenvalue weighted by molar-refractivity contribution is 7.98. The summed E-state index contributed by atoms with van der Waals surface area (Å²) in [6.07, 6.45) is 2.03. The van der Waals surface area contributed by atoms with Gasteiger partial charge in [0.1, 0.15) is 0 Å². The molecule has 4 nitrogen and oxygen atoms in total. The van der Waals surface area contributed by atoms with Crippen LogP contribution in [-0.2, 0) is 11.3 Å². The van der Waals surface area contributed by atoms with Crippen LogP contribution in [0, 0.1) is 6.92 Å². The molecule has 1 amide bonds. The normalized spacial score (nSPS) is 15.8. The lowest BCUT2D eigenvalue weighted by Crippen LogP contribution is -2.48. The Labute approximate surface area is 160 Å². The van der Waals surface area contributed by atoms with Gasteiger partial charge >= 0.3 is 0 Å². The third-order valence-corrected chi connectivity index (χ3v) is 5.66. The molecular weight excluding hydrogens is 342 g/mol. The van der Waals surface area contributed by atoms with E-state index in [2.05, 4.69) is 46.3 Å². The molecule has 1 heterocycles. The zero-order valence-corrected chi connectivity index (χ0v) is 16.4. The fraction of sp³-hybridized carbons (Fsp3) is 0.381. The first-order chi connectivity index (χ1) is 12.7. The van der Waals surface area contributed by atoms with Crippen molar-refractivity contribution in [2.24, 2.45) is 0 Å². The summed E-state index contributed by atoms with van der Waals surface area (Å²) in [4.78, 5) is 18.2. The van der Waals surface area contributed by atoms with Crippen LogP contribution in [0.2, 0.25) is 0 Å². The second-order valence-corrected chi connectivity index (χ2v) is 7.58. The van der Waals surface area contributed by atoms with Crippen LogP contribution < -0.4 is 5.32 Å². The van der Waals surface area contributed by atoms with Gasteiger partial charge in [-0.15, -0.1) is 11.8 Å². The number of nitrogens with one attached hydrogen (secondary N) is 1. The minimum Gasteiger partial charge on any atom is -0.324 e. The predicted octanol–water partition coefficient (Wildman–Crippen LogP) is 3.47. The van der Waals surface area contributed by atoms with Gasteiger partial charge < -0.3 is 5.32 Å². The summed E-state index contributed by atoms with van der Waals surface area (Å²) in [7, 11) is 0. The van der Waals surface area contributed by atoms with Crippen molar-refractivity contribution in [2.45, 2.75) is 18.4 Å². The first-order valence-electron chi connectivity index (χ1n) is 9.08. The van der Waals surface area contributed by atoms with E-state index in [-0.39, 0.29) is 5.91 Å². The van der Waals surface area contributed by atoms with Crippen molar-refractivity contribution in [1.29, 1.82) is 0 Å². The van der Waals surface area contributed by atoms with E-state index in [1.165, 1.54) is 11.1 Å². The van der Waals surface area contributed by atoms with E-state index in [1.807, 2.05) is 30.5 Å².